The molecule has 1 amide bonds. The molecule has 1 aromatic carbocycles. The number of amides is 1. The minimum Gasteiger partial charge on any atom is -0.508 e. The average Bonchev–Trinajstić information content (AvgIpc) is 2.51. The Balaban J connectivity index is 2.03. The Labute approximate surface area is 122 Å². The number of phenolic OH excluding ortho intramolecular Hbond substituents is 1. The first-order valence-electron chi connectivity index (χ1n) is 6.37. The summed E-state index contributed by atoms with van der Waals surface area (Å²) in [6.07, 6.45) is 6.88. The molecule has 2 N–H and O–H groups in total. The molecule has 1 heterocycles. The highest BCUT2D eigenvalue weighted by atomic mass is 16.3. The number of nitrogens with zero attached hydrogens (tertiary/aromatic N) is 2. The first-order chi connectivity index (χ1) is 10.2. The molecule has 0 atom stereocenters. The van der Waals surface area contributed by atoms with Crippen LogP contribution < -0.4 is 5.43 Å². The third-order valence-corrected chi connectivity index (χ3v) is 2.79. The molecule has 106 valence electrons. The van der Waals surface area contributed by atoms with Crippen LogP contribution in [0.25, 0.3) is 0 Å². The zero-order valence-corrected chi connectivity index (χ0v) is 11.4. The van der Waals surface area contributed by atoms with Crippen molar-refractivity contribution >= 4 is 12.1 Å². The Morgan fingerprint density at radius 1 is 1.33 bits per heavy atom. The topological polar surface area (TPSA) is 74.6 Å². The van der Waals surface area contributed by atoms with E-state index in [9.17, 15) is 9.90 Å². The Bertz CT molecular complexity index is 666. The van der Waals surface area contributed by atoms with Gasteiger partial charge in [-0.3, -0.25) is 9.78 Å². The van der Waals surface area contributed by atoms with Gasteiger partial charge in [0.05, 0.1) is 6.21 Å². The number of rotatable bonds is 5. The summed E-state index contributed by atoms with van der Waals surface area (Å²) < 4.78 is 0. The molecule has 0 saturated carbocycles. The van der Waals surface area contributed by atoms with Crippen LogP contribution in [0.3, 0.4) is 0 Å². The maximum atomic E-state index is 11.8. The van der Waals surface area contributed by atoms with Crippen LogP contribution in [0.4, 0.5) is 0 Å². The summed E-state index contributed by atoms with van der Waals surface area (Å²) in [6, 6.07) is 8.30. The summed E-state index contributed by atoms with van der Waals surface area (Å²) in [6.45, 7) is 3.64. The maximum absolute atomic E-state index is 11.8. The molecule has 0 fully saturated rings. The van der Waals surface area contributed by atoms with Crippen LogP contribution in [0.5, 0.6) is 5.75 Å². The van der Waals surface area contributed by atoms with Crippen LogP contribution in [0, 0.1) is 0 Å². The first-order valence-corrected chi connectivity index (χ1v) is 6.37. The van der Waals surface area contributed by atoms with E-state index in [1.54, 1.807) is 48.8 Å². The van der Waals surface area contributed by atoms with E-state index in [2.05, 4.69) is 22.1 Å². The third kappa shape index (κ3) is 4.01. The summed E-state index contributed by atoms with van der Waals surface area (Å²) in [4.78, 5) is 15.6. The summed E-state index contributed by atoms with van der Waals surface area (Å²) in [5.74, 6) is -0.0911. The maximum Gasteiger partial charge on any atom is 0.271 e. The summed E-state index contributed by atoms with van der Waals surface area (Å²) >= 11 is 0. The first kappa shape index (κ1) is 14.5. The second-order valence-electron chi connectivity index (χ2n) is 4.32. The zero-order valence-electron chi connectivity index (χ0n) is 11.4. The molecule has 0 radical (unpaired) electrons. The third-order valence-electron chi connectivity index (χ3n) is 2.79. The second-order valence-corrected chi connectivity index (χ2v) is 4.32. The second kappa shape index (κ2) is 7.00. The van der Waals surface area contributed by atoms with Crippen LogP contribution >= 0.6 is 0 Å². The highest BCUT2D eigenvalue weighted by Gasteiger charge is 2.03. The van der Waals surface area contributed by atoms with Crippen LogP contribution in [0.1, 0.15) is 21.5 Å². The number of aromatic nitrogens is 1. The van der Waals surface area contributed by atoms with Gasteiger partial charge in [-0.1, -0.05) is 6.08 Å². The Morgan fingerprint density at radius 3 is 2.81 bits per heavy atom. The number of nitrogens with one attached hydrogen (secondary N) is 1. The molecular weight excluding hydrogens is 266 g/mol. The molecule has 2 rings (SSSR count). The van der Waals surface area contributed by atoms with Gasteiger partial charge in [0.1, 0.15) is 5.75 Å². The van der Waals surface area contributed by atoms with Crippen molar-refractivity contribution in [2.45, 2.75) is 6.42 Å². The number of phenols is 1. The van der Waals surface area contributed by atoms with Crippen molar-refractivity contribution in [3.8, 4) is 5.75 Å². The Kier molecular flexibility index (Phi) is 4.82. The average molecular weight is 281 g/mol. The van der Waals surface area contributed by atoms with Gasteiger partial charge in [0, 0.05) is 18.0 Å². The van der Waals surface area contributed by atoms with Gasteiger partial charge in [-0.2, -0.15) is 5.10 Å². The van der Waals surface area contributed by atoms with E-state index in [1.807, 2.05) is 0 Å². The van der Waals surface area contributed by atoms with Gasteiger partial charge in [-0.15, -0.1) is 6.58 Å². The number of allylic oxidation sites excluding steroid dienone is 1. The zero-order chi connectivity index (χ0) is 15.1. The van der Waals surface area contributed by atoms with Crippen molar-refractivity contribution in [2.75, 3.05) is 0 Å². The molecule has 0 unspecified atom stereocenters. The molecular formula is C16H15N3O2. The van der Waals surface area contributed by atoms with Crippen molar-refractivity contribution in [3.05, 3.63) is 72.1 Å². The van der Waals surface area contributed by atoms with Crippen molar-refractivity contribution in [1.29, 1.82) is 0 Å². The number of benzene rings is 1. The number of carbonyl (C=O) groups is 1. The summed E-state index contributed by atoms with van der Waals surface area (Å²) in [7, 11) is 0. The van der Waals surface area contributed by atoms with Gasteiger partial charge in [0.25, 0.3) is 5.91 Å². The van der Waals surface area contributed by atoms with E-state index in [4.69, 9.17) is 0 Å². The smallest absolute Gasteiger partial charge is 0.271 e. The lowest BCUT2D eigenvalue weighted by Crippen LogP contribution is -2.17. The minimum absolute atomic E-state index is 0.216. The molecule has 21 heavy (non-hydrogen) atoms. The number of aromatic hydroxyl groups is 1. The van der Waals surface area contributed by atoms with Gasteiger partial charge in [0.15, 0.2) is 0 Å². The highest BCUT2D eigenvalue weighted by molar-refractivity contribution is 5.94. The van der Waals surface area contributed by atoms with E-state index in [0.29, 0.717) is 12.0 Å². The fourth-order valence-corrected chi connectivity index (χ4v) is 1.74. The lowest BCUT2D eigenvalue weighted by atomic mass is 10.1. The Hall–Kier alpha value is -2.95. The number of hydrogen-bond acceptors (Lipinski definition) is 4. The van der Waals surface area contributed by atoms with Gasteiger partial charge < -0.3 is 5.11 Å². The van der Waals surface area contributed by atoms with Gasteiger partial charge >= 0.3 is 0 Å². The lowest BCUT2D eigenvalue weighted by molar-refractivity contribution is 0.0955. The normalized spacial score (nSPS) is 10.5. The quantitative estimate of drug-likeness (QED) is 0.501. The molecule has 1 aromatic heterocycles. The van der Waals surface area contributed by atoms with E-state index in [-0.39, 0.29) is 11.7 Å². The SMILES string of the molecule is C=CCc1cc(/C=N\NC(=O)c2ccncc2)ccc1O. The number of pyridine rings is 1. The standard InChI is InChI=1S/C16H15N3O2/c1-2-3-14-10-12(4-5-15(14)20)11-18-19-16(21)13-6-8-17-9-7-13/h2,4-11,20H,1,3H2,(H,19,21)/b18-11-. The predicted octanol–water partition coefficient (Wildman–Crippen LogP) is 2.28. The van der Waals surface area contributed by atoms with Crippen LogP contribution in [-0.4, -0.2) is 22.2 Å². The molecule has 5 heteroatoms. The lowest BCUT2D eigenvalue weighted by Gasteiger charge is -2.03. The Morgan fingerprint density at radius 2 is 2.10 bits per heavy atom. The molecule has 0 aliphatic heterocycles. The molecule has 0 aliphatic rings. The van der Waals surface area contributed by atoms with E-state index in [1.165, 1.54) is 6.21 Å². The molecule has 0 spiro atoms. The molecule has 2 aromatic rings. The van der Waals surface area contributed by atoms with Crippen LogP contribution in [-0.2, 0) is 6.42 Å². The number of hydrazone groups is 1. The minimum atomic E-state index is -0.307. The van der Waals surface area contributed by atoms with Crippen molar-refractivity contribution in [2.24, 2.45) is 5.10 Å². The van der Waals surface area contributed by atoms with Crippen molar-refractivity contribution < 1.29 is 9.90 Å². The predicted molar refractivity (Wildman–Crippen MR) is 81.3 cm³/mol. The summed E-state index contributed by atoms with van der Waals surface area (Å²) in [5.41, 5.74) is 4.46. The van der Waals surface area contributed by atoms with E-state index >= 15 is 0 Å². The fraction of sp³-hybridized carbons (Fsp3) is 0.0625. The van der Waals surface area contributed by atoms with Crippen molar-refractivity contribution in [1.82, 2.24) is 10.4 Å². The van der Waals surface area contributed by atoms with E-state index < -0.39 is 0 Å². The monoisotopic (exact) mass is 281 g/mol. The van der Waals surface area contributed by atoms with Gasteiger partial charge in [-0.05, 0) is 47.9 Å². The molecule has 0 saturated heterocycles. The molecule has 0 aliphatic carbocycles. The van der Waals surface area contributed by atoms with Gasteiger partial charge in [0.2, 0.25) is 0 Å². The van der Waals surface area contributed by atoms with Gasteiger partial charge in [-0.25, -0.2) is 5.43 Å². The highest BCUT2D eigenvalue weighted by Crippen LogP contribution is 2.18. The fourth-order valence-electron chi connectivity index (χ4n) is 1.74. The van der Waals surface area contributed by atoms with E-state index in [0.717, 1.165) is 11.1 Å². The van der Waals surface area contributed by atoms with Crippen molar-refractivity contribution in [3.63, 3.8) is 0 Å². The molecule has 0 bridgehead atoms. The van der Waals surface area contributed by atoms with Crippen LogP contribution in [0.2, 0.25) is 0 Å². The van der Waals surface area contributed by atoms with Crippen LogP contribution in [0.15, 0.2) is 60.5 Å². The summed E-state index contributed by atoms with van der Waals surface area (Å²) in [5, 5.41) is 13.6. The molecule has 5 nitrogen and oxygen atoms in total. The largest absolute Gasteiger partial charge is 0.508 e. The number of carbonyl (C=O) groups excluding carboxylic acids is 1. The number of hydrogen-bond donors (Lipinski definition) is 2.